The molecule has 1 amide bonds. The Hall–Kier alpha value is -1.85. The molecule has 5 nitrogen and oxygen atoms in total. The van der Waals surface area contributed by atoms with E-state index in [2.05, 4.69) is 50.7 Å². The zero-order valence-corrected chi connectivity index (χ0v) is 19.1. The summed E-state index contributed by atoms with van der Waals surface area (Å²) >= 11 is 0. The molecule has 2 aromatic rings. The Morgan fingerprint density at radius 1 is 0.935 bits per heavy atom. The van der Waals surface area contributed by atoms with Gasteiger partial charge in [-0.25, -0.2) is 0 Å². The molecule has 0 radical (unpaired) electrons. The highest BCUT2D eigenvalue weighted by atomic mass is 16.2. The van der Waals surface area contributed by atoms with E-state index in [0.29, 0.717) is 6.04 Å². The third-order valence-corrected chi connectivity index (χ3v) is 8.09. The first-order valence-corrected chi connectivity index (χ1v) is 12.5. The van der Waals surface area contributed by atoms with Crippen molar-refractivity contribution in [3.63, 3.8) is 0 Å². The van der Waals surface area contributed by atoms with Gasteiger partial charge < -0.3 is 14.4 Å². The zero-order valence-electron chi connectivity index (χ0n) is 19.1. The van der Waals surface area contributed by atoms with E-state index in [1.807, 2.05) is 6.07 Å². The van der Waals surface area contributed by atoms with Gasteiger partial charge in [-0.2, -0.15) is 0 Å². The van der Waals surface area contributed by atoms with Crippen LogP contribution in [0.25, 0.3) is 10.9 Å². The second-order valence-corrected chi connectivity index (χ2v) is 9.97. The van der Waals surface area contributed by atoms with Gasteiger partial charge in [0.2, 0.25) is 0 Å². The number of fused-ring (bicyclic) bond motifs is 1. The molecule has 1 aliphatic carbocycles. The molecule has 3 fully saturated rings. The van der Waals surface area contributed by atoms with Crippen LogP contribution in [-0.2, 0) is 6.54 Å². The molecular weight excluding hydrogens is 384 g/mol. The predicted octanol–water partition coefficient (Wildman–Crippen LogP) is 4.22. The summed E-state index contributed by atoms with van der Waals surface area (Å²) in [5.74, 6) is 0.199. The molecule has 3 heterocycles. The number of hydrogen-bond acceptors (Lipinski definition) is 3. The van der Waals surface area contributed by atoms with Gasteiger partial charge in [0.15, 0.2) is 0 Å². The van der Waals surface area contributed by atoms with Crippen molar-refractivity contribution in [3.8, 4) is 0 Å². The number of nitrogens with zero attached hydrogens (tertiary/aromatic N) is 4. The second-order valence-electron chi connectivity index (χ2n) is 9.97. The lowest BCUT2D eigenvalue weighted by Gasteiger charge is -2.38. The molecular formula is C26H38N4O. The number of likely N-dealkylation sites (tertiary alicyclic amines) is 1. The summed E-state index contributed by atoms with van der Waals surface area (Å²) in [4.78, 5) is 20.3. The van der Waals surface area contributed by atoms with Crippen LogP contribution in [-0.4, -0.2) is 77.0 Å². The van der Waals surface area contributed by atoms with Crippen LogP contribution in [0, 0.1) is 0 Å². The maximum Gasteiger partial charge on any atom is 0.253 e. The van der Waals surface area contributed by atoms with Gasteiger partial charge in [-0.15, -0.1) is 0 Å². The third-order valence-electron chi connectivity index (χ3n) is 8.09. The monoisotopic (exact) mass is 422 g/mol. The summed E-state index contributed by atoms with van der Waals surface area (Å²) in [5.41, 5.74) is 2.09. The number of carbonyl (C=O) groups is 1. The van der Waals surface area contributed by atoms with E-state index in [9.17, 15) is 4.79 Å². The minimum absolute atomic E-state index is 0.199. The number of carbonyl (C=O) groups excluding carboxylic acids is 1. The Bertz CT molecular complexity index is 892. The van der Waals surface area contributed by atoms with E-state index >= 15 is 0 Å². The van der Waals surface area contributed by atoms with Crippen LogP contribution in [0.15, 0.2) is 30.5 Å². The number of benzene rings is 1. The quantitative estimate of drug-likeness (QED) is 0.723. The Labute approximate surface area is 187 Å². The fourth-order valence-electron chi connectivity index (χ4n) is 6.07. The third kappa shape index (κ3) is 4.54. The van der Waals surface area contributed by atoms with Crippen molar-refractivity contribution in [2.45, 2.75) is 70.0 Å². The van der Waals surface area contributed by atoms with Gasteiger partial charge in [-0.3, -0.25) is 9.69 Å². The molecule has 5 rings (SSSR count). The molecule has 0 spiro atoms. The Balaban J connectivity index is 1.20. The molecule has 1 atom stereocenters. The Morgan fingerprint density at radius 3 is 2.48 bits per heavy atom. The molecule has 0 bridgehead atoms. The van der Waals surface area contributed by atoms with Crippen molar-refractivity contribution in [1.29, 1.82) is 0 Å². The maximum atomic E-state index is 13.1. The molecule has 1 saturated carbocycles. The highest BCUT2D eigenvalue weighted by Crippen LogP contribution is 2.25. The summed E-state index contributed by atoms with van der Waals surface area (Å²) in [7, 11) is 2.27. The molecule has 1 aromatic heterocycles. The molecule has 0 N–H and O–H groups in total. The molecule has 168 valence electrons. The van der Waals surface area contributed by atoms with E-state index in [1.54, 1.807) is 0 Å². The van der Waals surface area contributed by atoms with Crippen LogP contribution in [0.4, 0.5) is 0 Å². The molecule has 1 unspecified atom stereocenters. The average Bonchev–Trinajstić information content (AvgIpc) is 3.48. The van der Waals surface area contributed by atoms with Crippen molar-refractivity contribution < 1.29 is 4.79 Å². The van der Waals surface area contributed by atoms with Gasteiger partial charge in [-0.05, 0) is 70.0 Å². The molecule has 1 aromatic carbocycles. The van der Waals surface area contributed by atoms with Crippen LogP contribution in [0.2, 0.25) is 0 Å². The normalized spacial score (nSPS) is 24.3. The summed E-state index contributed by atoms with van der Waals surface area (Å²) in [6.45, 7) is 6.08. The lowest BCUT2D eigenvalue weighted by Crippen LogP contribution is -2.51. The first-order valence-electron chi connectivity index (χ1n) is 12.5. The number of hydrogen-bond donors (Lipinski definition) is 0. The number of aryl methyl sites for hydroxylation is 1. The standard InChI is InChI=1S/C26H38N4O/c1-27-13-5-4-6-23(27)12-15-29-14-11-21-20-22(9-10-25(21)29)26(31)30-18-16-28(17-19-30)24-7-2-3-8-24/h9-11,14,20,23-24H,2-8,12-13,15-19H2,1H3. The van der Waals surface area contributed by atoms with Crippen molar-refractivity contribution in [1.82, 2.24) is 19.3 Å². The lowest BCUT2D eigenvalue weighted by atomic mass is 10.0. The van der Waals surface area contributed by atoms with Crippen LogP contribution in [0.1, 0.15) is 61.7 Å². The van der Waals surface area contributed by atoms with Crippen LogP contribution in [0.3, 0.4) is 0 Å². The van der Waals surface area contributed by atoms with Gasteiger partial charge in [0.1, 0.15) is 0 Å². The van der Waals surface area contributed by atoms with Crippen molar-refractivity contribution >= 4 is 16.8 Å². The Morgan fingerprint density at radius 2 is 1.71 bits per heavy atom. The molecule has 2 saturated heterocycles. The van der Waals surface area contributed by atoms with E-state index in [0.717, 1.165) is 44.3 Å². The number of piperidine rings is 1. The smallest absolute Gasteiger partial charge is 0.253 e. The summed E-state index contributed by atoms with van der Waals surface area (Å²) < 4.78 is 2.37. The Kier molecular flexibility index (Phi) is 6.33. The minimum Gasteiger partial charge on any atom is -0.347 e. The topological polar surface area (TPSA) is 31.7 Å². The van der Waals surface area contributed by atoms with E-state index in [4.69, 9.17) is 0 Å². The highest BCUT2D eigenvalue weighted by Gasteiger charge is 2.28. The van der Waals surface area contributed by atoms with Crippen LogP contribution >= 0.6 is 0 Å². The van der Waals surface area contributed by atoms with Crippen LogP contribution < -0.4 is 0 Å². The van der Waals surface area contributed by atoms with E-state index in [1.165, 1.54) is 68.8 Å². The zero-order chi connectivity index (χ0) is 21.2. The molecule has 2 aliphatic heterocycles. The van der Waals surface area contributed by atoms with E-state index in [-0.39, 0.29) is 5.91 Å². The largest absolute Gasteiger partial charge is 0.347 e. The number of piperazine rings is 1. The molecule has 3 aliphatic rings. The summed E-state index contributed by atoms with van der Waals surface area (Å²) in [6, 6.07) is 9.94. The fraction of sp³-hybridized carbons (Fsp3) is 0.654. The summed E-state index contributed by atoms with van der Waals surface area (Å²) in [5, 5.41) is 1.19. The molecule has 5 heteroatoms. The maximum absolute atomic E-state index is 13.1. The van der Waals surface area contributed by atoms with Crippen molar-refractivity contribution in [2.24, 2.45) is 0 Å². The van der Waals surface area contributed by atoms with E-state index < -0.39 is 0 Å². The SMILES string of the molecule is CN1CCCCC1CCn1ccc2cc(C(=O)N3CCN(C4CCCC4)CC3)ccc21. The minimum atomic E-state index is 0.199. The first kappa shape index (κ1) is 21.0. The van der Waals surface area contributed by atoms with Gasteiger partial charge in [0.25, 0.3) is 5.91 Å². The second kappa shape index (κ2) is 9.33. The van der Waals surface area contributed by atoms with Gasteiger partial charge in [0.05, 0.1) is 0 Å². The van der Waals surface area contributed by atoms with Crippen molar-refractivity contribution in [3.05, 3.63) is 36.0 Å². The highest BCUT2D eigenvalue weighted by molar-refractivity contribution is 5.98. The lowest BCUT2D eigenvalue weighted by molar-refractivity contribution is 0.0573. The predicted molar refractivity (Wildman–Crippen MR) is 127 cm³/mol. The van der Waals surface area contributed by atoms with Gasteiger partial charge in [-0.1, -0.05) is 19.3 Å². The average molecular weight is 423 g/mol. The molecule has 31 heavy (non-hydrogen) atoms. The summed E-state index contributed by atoms with van der Waals surface area (Å²) in [6.07, 6.45) is 12.9. The van der Waals surface area contributed by atoms with Gasteiger partial charge >= 0.3 is 0 Å². The first-order chi connectivity index (χ1) is 15.2. The number of amides is 1. The van der Waals surface area contributed by atoms with Crippen molar-refractivity contribution in [2.75, 3.05) is 39.8 Å². The number of rotatable bonds is 5. The van der Waals surface area contributed by atoms with Gasteiger partial charge in [0, 0.05) is 67.5 Å². The fourth-order valence-corrected chi connectivity index (χ4v) is 6.07. The number of aromatic nitrogens is 1. The van der Waals surface area contributed by atoms with Crippen LogP contribution in [0.5, 0.6) is 0 Å².